The maximum atomic E-state index is 12.1. The third kappa shape index (κ3) is 4.59. The van der Waals surface area contributed by atoms with Crippen LogP contribution in [0.1, 0.15) is 22.7 Å². The van der Waals surface area contributed by atoms with Crippen LogP contribution in [0.4, 0.5) is 0 Å². The van der Waals surface area contributed by atoms with E-state index in [-0.39, 0.29) is 12.5 Å². The summed E-state index contributed by atoms with van der Waals surface area (Å²) in [6.07, 6.45) is 0.296. The van der Waals surface area contributed by atoms with E-state index in [4.69, 9.17) is 11.6 Å². The monoisotopic (exact) mass is 303 g/mol. The molecular weight excluding hydrogens is 286 g/mol. The summed E-state index contributed by atoms with van der Waals surface area (Å²) in [4.78, 5) is 12.1. The Hall–Kier alpha value is -1.84. The molecule has 4 heteroatoms. The molecule has 2 aromatic carbocycles. The molecule has 2 rings (SSSR count). The van der Waals surface area contributed by atoms with Crippen molar-refractivity contribution in [3.8, 4) is 0 Å². The fourth-order valence-electron chi connectivity index (χ4n) is 2.07. The molecule has 1 unspecified atom stereocenters. The van der Waals surface area contributed by atoms with Crippen LogP contribution in [0.5, 0.6) is 0 Å². The highest BCUT2D eigenvalue weighted by atomic mass is 35.5. The van der Waals surface area contributed by atoms with Crippen LogP contribution in [0.2, 0.25) is 5.02 Å². The number of aliphatic hydroxyl groups excluding tert-OH is 1. The number of hydrogen-bond donors (Lipinski definition) is 2. The van der Waals surface area contributed by atoms with E-state index in [0.29, 0.717) is 11.4 Å². The standard InChI is InChI=1S/C17H18ClNO2/c1-12-2-4-13(5-3-12)10-17(21)19-16(11-20)14-6-8-15(18)9-7-14/h2-9,16,20H,10-11H2,1H3,(H,19,21). The number of carbonyl (C=O) groups excluding carboxylic acids is 1. The topological polar surface area (TPSA) is 49.3 Å². The number of benzene rings is 2. The Morgan fingerprint density at radius 1 is 1.14 bits per heavy atom. The van der Waals surface area contributed by atoms with E-state index in [9.17, 15) is 9.90 Å². The molecule has 0 heterocycles. The smallest absolute Gasteiger partial charge is 0.224 e. The van der Waals surface area contributed by atoms with Gasteiger partial charge in [-0.05, 0) is 30.2 Å². The van der Waals surface area contributed by atoms with Gasteiger partial charge in [-0.25, -0.2) is 0 Å². The Kier molecular flexibility index (Phi) is 5.37. The van der Waals surface area contributed by atoms with Gasteiger partial charge in [0.05, 0.1) is 19.1 Å². The summed E-state index contributed by atoms with van der Waals surface area (Å²) in [7, 11) is 0. The second kappa shape index (κ2) is 7.25. The first-order valence-corrected chi connectivity index (χ1v) is 7.17. The van der Waals surface area contributed by atoms with Crippen LogP contribution in [0.15, 0.2) is 48.5 Å². The third-order valence-electron chi connectivity index (χ3n) is 3.28. The van der Waals surface area contributed by atoms with Gasteiger partial charge in [-0.1, -0.05) is 53.6 Å². The van der Waals surface area contributed by atoms with Gasteiger partial charge >= 0.3 is 0 Å². The molecule has 0 radical (unpaired) electrons. The summed E-state index contributed by atoms with van der Waals surface area (Å²) in [6, 6.07) is 14.5. The van der Waals surface area contributed by atoms with Gasteiger partial charge in [0.1, 0.15) is 0 Å². The molecular formula is C17H18ClNO2. The van der Waals surface area contributed by atoms with Gasteiger partial charge in [0.15, 0.2) is 0 Å². The first-order chi connectivity index (χ1) is 10.1. The molecule has 0 saturated heterocycles. The molecule has 0 spiro atoms. The maximum absolute atomic E-state index is 12.1. The minimum atomic E-state index is -0.416. The van der Waals surface area contributed by atoms with E-state index >= 15 is 0 Å². The lowest BCUT2D eigenvalue weighted by Gasteiger charge is -2.17. The molecule has 0 fully saturated rings. The minimum Gasteiger partial charge on any atom is -0.394 e. The van der Waals surface area contributed by atoms with E-state index in [0.717, 1.165) is 16.7 Å². The molecule has 2 aromatic rings. The molecule has 0 bridgehead atoms. The number of amides is 1. The van der Waals surface area contributed by atoms with Crippen LogP contribution < -0.4 is 5.32 Å². The number of halogens is 1. The number of hydrogen-bond acceptors (Lipinski definition) is 2. The van der Waals surface area contributed by atoms with Crippen molar-refractivity contribution >= 4 is 17.5 Å². The van der Waals surface area contributed by atoms with Crippen molar-refractivity contribution < 1.29 is 9.90 Å². The summed E-state index contributed by atoms with van der Waals surface area (Å²) in [6.45, 7) is 1.85. The van der Waals surface area contributed by atoms with Gasteiger partial charge in [-0.3, -0.25) is 4.79 Å². The van der Waals surface area contributed by atoms with Gasteiger partial charge < -0.3 is 10.4 Å². The third-order valence-corrected chi connectivity index (χ3v) is 3.53. The Labute approximate surface area is 129 Å². The highest BCUT2D eigenvalue weighted by Crippen LogP contribution is 2.16. The van der Waals surface area contributed by atoms with Gasteiger partial charge in [-0.2, -0.15) is 0 Å². The molecule has 1 amide bonds. The van der Waals surface area contributed by atoms with Crippen LogP contribution in [0, 0.1) is 6.92 Å². The van der Waals surface area contributed by atoms with Gasteiger partial charge in [-0.15, -0.1) is 0 Å². The highest BCUT2D eigenvalue weighted by Gasteiger charge is 2.13. The molecule has 110 valence electrons. The van der Waals surface area contributed by atoms with E-state index in [2.05, 4.69) is 5.32 Å². The lowest BCUT2D eigenvalue weighted by Crippen LogP contribution is -2.31. The Morgan fingerprint density at radius 3 is 2.33 bits per heavy atom. The predicted molar refractivity (Wildman–Crippen MR) is 84.3 cm³/mol. The lowest BCUT2D eigenvalue weighted by molar-refractivity contribution is -0.121. The Morgan fingerprint density at radius 2 is 1.76 bits per heavy atom. The van der Waals surface area contributed by atoms with Crippen LogP contribution in [0.25, 0.3) is 0 Å². The van der Waals surface area contributed by atoms with Crippen molar-refractivity contribution in [2.75, 3.05) is 6.61 Å². The fraction of sp³-hybridized carbons (Fsp3) is 0.235. The van der Waals surface area contributed by atoms with E-state index in [1.807, 2.05) is 31.2 Å². The summed E-state index contributed by atoms with van der Waals surface area (Å²) in [5.74, 6) is -0.118. The second-order valence-corrected chi connectivity index (χ2v) is 5.45. The lowest BCUT2D eigenvalue weighted by atomic mass is 10.1. The zero-order valence-electron chi connectivity index (χ0n) is 11.8. The average Bonchev–Trinajstić information content (AvgIpc) is 2.48. The van der Waals surface area contributed by atoms with Crippen LogP contribution in [-0.4, -0.2) is 17.6 Å². The number of rotatable bonds is 5. The zero-order valence-corrected chi connectivity index (χ0v) is 12.6. The van der Waals surface area contributed by atoms with Gasteiger partial charge in [0.25, 0.3) is 0 Å². The number of carbonyl (C=O) groups is 1. The molecule has 21 heavy (non-hydrogen) atoms. The van der Waals surface area contributed by atoms with E-state index in [1.54, 1.807) is 24.3 Å². The van der Waals surface area contributed by atoms with Crippen molar-refractivity contribution in [2.24, 2.45) is 0 Å². The maximum Gasteiger partial charge on any atom is 0.224 e. The highest BCUT2D eigenvalue weighted by molar-refractivity contribution is 6.30. The van der Waals surface area contributed by atoms with E-state index < -0.39 is 6.04 Å². The molecule has 0 aliphatic heterocycles. The summed E-state index contributed by atoms with van der Waals surface area (Å²) in [5.41, 5.74) is 2.94. The minimum absolute atomic E-state index is 0.118. The molecule has 2 N–H and O–H groups in total. The fourth-order valence-corrected chi connectivity index (χ4v) is 2.19. The van der Waals surface area contributed by atoms with Crippen molar-refractivity contribution in [3.05, 3.63) is 70.2 Å². The van der Waals surface area contributed by atoms with Crippen molar-refractivity contribution in [2.45, 2.75) is 19.4 Å². The SMILES string of the molecule is Cc1ccc(CC(=O)NC(CO)c2ccc(Cl)cc2)cc1. The van der Waals surface area contributed by atoms with Crippen molar-refractivity contribution in [3.63, 3.8) is 0 Å². The summed E-state index contributed by atoms with van der Waals surface area (Å²) in [5, 5.41) is 12.9. The van der Waals surface area contributed by atoms with Crippen molar-refractivity contribution in [1.82, 2.24) is 5.32 Å². The zero-order chi connectivity index (χ0) is 15.2. The van der Waals surface area contributed by atoms with E-state index in [1.165, 1.54) is 0 Å². The Bertz CT molecular complexity index is 593. The van der Waals surface area contributed by atoms with Gasteiger partial charge in [0, 0.05) is 5.02 Å². The average molecular weight is 304 g/mol. The van der Waals surface area contributed by atoms with Crippen molar-refractivity contribution in [1.29, 1.82) is 0 Å². The summed E-state index contributed by atoms with van der Waals surface area (Å²) >= 11 is 5.84. The molecule has 0 aliphatic carbocycles. The quantitative estimate of drug-likeness (QED) is 0.892. The molecule has 0 saturated carbocycles. The largest absolute Gasteiger partial charge is 0.394 e. The molecule has 0 aliphatic rings. The number of nitrogens with one attached hydrogen (secondary N) is 1. The van der Waals surface area contributed by atoms with Gasteiger partial charge in [0.2, 0.25) is 5.91 Å². The predicted octanol–water partition coefficient (Wildman–Crippen LogP) is 3.04. The first-order valence-electron chi connectivity index (χ1n) is 6.79. The van der Waals surface area contributed by atoms with Crippen LogP contribution >= 0.6 is 11.6 Å². The first kappa shape index (κ1) is 15.5. The second-order valence-electron chi connectivity index (χ2n) is 5.02. The normalized spacial score (nSPS) is 12.0. The Balaban J connectivity index is 1.99. The number of aryl methyl sites for hydroxylation is 1. The molecule has 0 aromatic heterocycles. The number of aliphatic hydroxyl groups is 1. The molecule has 3 nitrogen and oxygen atoms in total. The van der Waals surface area contributed by atoms with Crippen LogP contribution in [-0.2, 0) is 11.2 Å². The summed E-state index contributed by atoms with van der Waals surface area (Å²) < 4.78 is 0. The van der Waals surface area contributed by atoms with Crippen LogP contribution in [0.3, 0.4) is 0 Å². The molecule has 1 atom stereocenters.